The molecule has 0 radical (unpaired) electrons. The molecule has 0 aliphatic rings. The van der Waals surface area contributed by atoms with E-state index in [9.17, 15) is 0 Å². The third kappa shape index (κ3) is 7.81. The maximum absolute atomic E-state index is 6.73. The van der Waals surface area contributed by atoms with Gasteiger partial charge in [0.15, 0.2) is 0 Å². The SMILES string of the molecule is CCCCCCCCCCCC[B-](c1ccc(C)c(Cl)c1)(c1ccc(C)c(Cl)c1)c1ccc(C)c(Cl)c1. The average molecular weight is 557 g/mol. The zero-order chi connectivity index (χ0) is 26.8. The first-order chi connectivity index (χ1) is 17.8. The second-order valence-electron chi connectivity index (χ2n) is 11.0. The largest absolute Gasteiger partial charge is 0.198 e. The maximum atomic E-state index is 6.73. The van der Waals surface area contributed by atoms with Crippen molar-refractivity contribution < 1.29 is 0 Å². The molecule has 0 amide bonds. The van der Waals surface area contributed by atoms with Crippen LogP contribution in [0.15, 0.2) is 54.6 Å². The lowest BCUT2D eigenvalue weighted by atomic mass is 9.14. The van der Waals surface area contributed by atoms with Crippen LogP contribution in [0.5, 0.6) is 0 Å². The van der Waals surface area contributed by atoms with E-state index in [0.29, 0.717) is 0 Å². The molecule has 0 N–H and O–H groups in total. The lowest BCUT2D eigenvalue weighted by Gasteiger charge is -2.44. The molecule has 0 fully saturated rings. The first-order valence-corrected chi connectivity index (χ1v) is 15.4. The Balaban J connectivity index is 1.94. The van der Waals surface area contributed by atoms with E-state index < -0.39 is 6.15 Å². The van der Waals surface area contributed by atoms with E-state index >= 15 is 0 Å². The summed E-state index contributed by atoms with van der Waals surface area (Å²) < 4.78 is 0. The molecule has 200 valence electrons. The van der Waals surface area contributed by atoms with Crippen LogP contribution in [0.2, 0.25) is 21.4 Å². The van der Waals surface area contributed by atoms with Gasteiger partial charge in [0.2, 0.25) is 0 Å². The normalized spacial score (nSPS) is 11.8. The van der Waals surface area contributed by atoms with Crippen molar-refractivity contribution in [1.82, 2.24) is 0 Å². The van der Waals surface area contributed by atoms with E-state index in [-0.39, 0.29) is 0 Å². The molecule has 0 atom stereocenters. The average Bonchev–Trinajstić information content (AvgIpc) is 2.88. The van der Waals surface area contributed by atoms with Crippen LogP contribution >= 0.6 is 34.8 Å². The first kappa shape index (κ1) is 30.1. The molecule has 0 aromatic heterocycles. The molecule has 0 aliphatic heterocycles. The Morgan fingerprint density at radius 2 is 0.811 bits per heavy atom. The van der Waals surface area contributed by atoms with Crippen molar-refractivity contribution >= 4 is 57.3 Å². The Kier molecular flexibility index (Phi) is 11.9. The molecule has 3 aromatic rings. The highest BCUT2D eigenvalue weighted by atomic mass is 35.5. The molecule has 0 heterocycles. The van der Waals surface area contributed by atoms with E-state index in [1.807, 2.05) is 0 Å². The zero-order valence-corrected chi connectivity index (χ0v) is 25.5. The molecular weight excluding hydrogens is 514 g/mol. The summed E-state index contributed by atoms with van der Waals surface area (Å²) in [5, 5.41) is 2.43. The minimum Gasteiger partial charge on any atom is -0.198 e. The summed E-state index contributed by atoms with van der Waals surface area (Å²) >= 11 is 20.2. The van der Waals surface area contributed by atoms with Gasteiger partial charge in [0, 0.05) is 15.1 Å². The number of hydrogen-bond acceptors (Lipinski definition) is 0. The van der Waals surface area contributed by atoms with Gasteiger partial charge in [-0.1, -0.05) is 161 Å². The van der Waals surface area contributed by atoms with Crippen molar-refractivity contribution in [3.63, 3.8) is 0 Å². The predicted octanol–water partition coefficient (Wildman–Crippen LogP) is 9.96. The van der Waals surface area contributed by atoms with Crippen molar-refractivity contribution in [2.24, 2.45) is 0 Å². The van der Waals surface area contributed by atoms with Crippen LogP contribution in [0.3, 0.4) is 0 Å². The summed E-state index contributed by atoms with van der Waals surface area (Å²) in [6.07, 6.45) is 12.9. The lowest BCUT2D eigenvalue weighted by molar-refractivity contribution is 0.562. The molecule has 3 rings (SSSR count). The van der Waals surface area contributed by atoms with Gasteiger partial charge in [-0.2, -0.15) is 22.7 Å². The Labute approximate surface area is 241 Å². The highest BCUT2D eigenvalue weighted by Gasteiger charge is 2.30. The van der Waals surface area contributed by atoms with Gasteiger partial charge in [0.1, 0.15) is 0 Å². The van der Waals surface area contributed by atoms with E-state index in [0.717, 1.165) is 44.5 Å². The summed E-state index contributed by atoms with van der Waals surface area (Å²) in [5.74, 6) is 0. The standard InChI is InChI=1S/C33H43BCl3/c1-5-6-7-8-9-10-11-12-13-14-21-34(28-18-15-25(2)31(35)22-28,29-19-16-26(3)32(36)23-29)30-20-17-27(4)33(37)24-30/h15-20,22-24H,5-14,21H2,1-4H3/q-1. The van der Waals surface area contributed by atoms with Gasteiger partial charge in [-0.25, -0.2) is 0 Å². The van der Waals surface area contributed by atoms with Gasteiger partial charge in [-0.15, -0.1) is 0 Å². The van der Waals surface area contributed by atoms with Crippen LogP contribution < -0.4 is 16.4 Å². The quantitative estimate of drug-likeness (QED) is 0.137. The van der Waals surface area contributed by atoms with Crippen LogP contribution in [0.1, 0.15) is 87.8 Å². The maximum Gasteiger partial charge on any atom is 0.0816 e. The second-order valence-corrected chi connectivity index (χ2v) is 12.3. The summed E-state index contributed by atoms with van der Waals surface area (Å²) in [7, 11) is 0. The van der Waals surface area contributed by atoms with Crippen molar-refractivity contribution in [2.45, 2.75) is 98.2 Å². The molecule has 4 heteroatoms. The highest BCUT2D eigenvalue weighted by molar-refractivity contribution is 7.11. The number of hydrogen-bond donors (Lipinski definition) is 0. The minimum atomic E-state index is -1.30. The van der Waals surface area contributed by atoms with Crippen molar-refractivity contribution in [3.8, 4) is 0 Å². The molecule has 0 saturated carbocycles. The van der Waals surface area contributed by atoms with Gasteiger partial charge in [-0.3, -0.25) is 0 Å². The molecule has 0 unspecified atom stereocenters. The highest BCUT2D eigenvalue weighted by Crippen LogP contribution is 2.25. The van der Waals surface area contributed by atoms with Crippen LogP contribution in [0.4, 0.5) is 0 Å². The minimum absolute atomic E-state index is 0.809. The molecule has 0 aliphatic carbocycles. The van der Waals surface area contributed by atoms with Gasteiger partial charge < -0.3 is 0 Å². The Morgan fingerprint density at radius 1 is 0.486 bits per heavy atom. The van der Waals surface area contributed by atoms with Crippen molar-refractivity contribution in [2.75, 3.05) is 0 Å². The van der Waals surface area contributed by atoms with Gasteiger partial charge in [-0.05, 0) is 37.5 Å². The molecular formula is C33H43BCl3-. The third-order valence-electron chi connectivity index (χ3n) is 8.29. The van der Waals surface area contributed by atoms with Crippen LogP contribution in [-0.2, 0) is 0 Å². The second kappa shape index (κ2) is 14.7. The Bertz CT molecular complexity index is 1030. The van der Waals surface area contributed by atoms with Gasteiger partial charge in [0.05, 0.1) is 6.15 Å². The molecule has 0 nitrogen and oxygen atoms in total. The summed E-state index contributed by atoms with van der Waals surface area (Å²) in [4.78, 5) is 0. The van der Waals surface area contributed by atoms with E-state index in [1.165, 1.54) is 74.2 Å². The number of aryl methyl sites for hydroxylation is 3. The van der Waals surface area contributed by atoms with Gasteiger partial charge >= 0.3 is 0 Å². The molecule has 0 saturated heterocycles. The fourth-order valence-corrected chi connectivity index (χ4v) is 6.33. The fraction of sp³-hybridized carbons (Fsp3) is 0.455. The lowest BCUT2D eigenvalue weighted by Crippen LogP contribution is -2.67. The first-order valence-electron chi connectivity index (χ1n) is 14.3. The monoisotopic (exact) mass is 555 g/mol. The van der Waals surface area contributed by atoms with Crippen molar-refractivity contribution in [3.05, 3.63) is 86.4 Å². The number of halogens is 3. The van der Waals surface area contributed by atoms with Crippen LogP contribution in [-0.4, -0.2) is 6.15 Å². The van der Waals surface area contributed by atoms with Crippen LogP contribution in [0, 0.1) is 20.8 Å². The molecule has 0 spiro atoms. The van der Waals surface area contributed by atoms with Crippen LogP contribution in [0.25, 0.3) is 0 Å². The molecule has 0 bridgehead atoms. The summed E-state index contributed by atoms with van der Waals surface area (Å²) in [6.45, 7) is 8.47. The fourth-order valence-electron chi connectivity index (χ4n) is 5.76. The topological polar surface area (TPSA) is 0 Å². The Hall–Kier alpha value is -1.41. The van der Waals surface area contributed by atoms with E-state index in [4.69, 9.17) is 34.8 Å². The zero-order valence-electron chi connectivity index (χ0n) is 23.2. The van der Waals surface area contributed by atoms with Crippen molar-refractivity contribution in [1.29, 1.82) is 0 Å². The number of benzene rings is 3. The van der Waals surface area contributed by atoms with Gasteiger partial charge in [0.25, 0.3) is 0 Å². The summed E-state index contributed by atoms with van der Waals surface area (Å²) in [5.41, 5.74) is 7.05. The van der Waals surface area contributed by atoms with E-state index in [1.54, 1.807) is 0 Å². The molecule has 3 aromatic carbocycles. The Morgan fingerprint density at radius 3 is 1.14 bits per heavy atom. The third-order valence-corrected chi connectivity index (χ3v) is 9.51. The predicted molar refractivity (Wildman–Crippen MR) is 170 cm³/mol. The van der Waals surface area contributed by atoms with E-state index in [2.05, 4.69) is 82.3 Å². The number of unbranched alkanes of at least 4 members (excludes halogenated alkanes) is 9. The number of rotatable bonds is 14. The smallest absolute Gasteiger partial charge is 0.0816 e. The molecule has 37 heavy (non-hydrogen) atoms. The summed E-state index contributed by atoms with van der Waals surface area (Å²) in [6, 6.07) is 19.8.